The number of hydrogen-bond donors (Lipinski definition) is 2. The van der Waals surface area contributed by atoms with Crippen molar-refractivity contribution in [1.29, 1.82) is 0 Å². The number of likely N-dealkylation sites (N-methyl/N-ethyl adjacent to an activating group) is 2. The van der Waals surface area contributed by atoms with Gasteiger partial charge in [-0.1, -0.05) is 0 Å². The monoisotopic (exact) mass is 271 g/mol. The molecular formula is C13H25N3O3. The Morgan fingerprint density at radius 3 is 2.63 bits per heavy atom. The summed E-state index contributed by atoms with van der Waals surface area (Å²) in [7, 11) is 1.60. The topological polar surface area (TPSA) is 70.7 Å². The van der Waals surface area contributed by atoms with Crippen LogP contribution in [0.3, 0.4) is 0 Å². The molecule has 0 aromatic heterocycles. The van der Waals surface area contributed by atoms with Crippen LogP contribution in [-0.4, -0.2) is 63.2 Å². The summed E-state index contributed by atoms with van der Waals surface area (Å²) in [6.45, 7) is 6.80. The first-order chi connectivity index (χ1) is 9.09. The average Bonchev–Trinajstić information content (AvgIpc) is 2.86. The van der Waals surface area contributed by atoms with Gasteiger partial charge >= 0.3 is 0 Å². The van der Waals surface area contributed by atoms with Gasteiger partial charge in [-0.3, -0.25) is 9.59 Å². The molecule has 6 heteroatoms. The molecule has 1 aliphatic heterocycles. The Labute approximate surface area is 114 Å². The third-order valence-electron chi connectivity index (χ3n) is 3.50. The van der Waals surface area contributed by atoms with E-state index >= 15 is 0 Å². The highest BCUT2D eigenvalue weighted by molar-refractivity contribution is 5.88. The van der Waals surface area contributed by atoms with Crippen molar-refractivity contribution in [2.24, 2.45) is 5.41 Å². The number of ether oxygens (including phenoxy) is 1. The van der Waals surface area contributed by atoms with Crippen LogP contribution >= 0.6 is 0 Å². The van der Waals surface area contributed by atoms with E-state index in [2.05, 4.69) is 10.6 Å². The van der Waals surface area contributed by atoms with Gasteiger partial charge in [-0.05, 0) is 26.8 Å². The van der Waals surface area contributed by atoms with Crippen LogP contribution in [0.25, 0.3) is 0 Å². The van der Waals surface area contributed by atoms with Gasteiger partial charge in [-0.2, -0.15) is 0 Å². The quantitative estimate of drug-likeness (QED) is 0.661. The molecule has 6 nitrogen and oxygen atoms in total. The molecule has 0 aromatic rings. The van der Waals surface area contributed by atoms with Gasteiger partial charge < -0.3 is 20.3 Å². The lowest BCUT2D eigenvalue weighted by atomic mass is 9.86. The second kappa shape index (κ2) is 7.45. The molecule has 1 aliphatic rings. The summed E-state index contributed by atoms with van der Waals surface area (Å²) in [6.07, 6.45) is 0.756. The highest BCUT2D eigenvalue weighted by atomic mass is 16.5. The minimum Gasteiger partial charge on any atom is -0.384 e. The number of methoxy groups -OCH3 is 1. The van der Waals surface area contributed by atoms with E-state index in [9.17, 15) is 9.59 Å². The van der Waals surface area contributed by atoms with Crippen LogP contribution in [0.2, 0.25) is 0 Å². The zero-order valence-electron chi connectivity index (χ0n) is 12.1. The predicted molar refractivity (Wildman–Crippen MR) is 72.7 cm³/mol. The maximum Gasteiger partial charge on any atom is 0.239 e. The molecule has 1 atom stereocenters. The second-order valence-electron chi connectivity index (χ2n) is 4.91. The van der Waals surface area contributed by atoms with Crippen molar-refractivity contribution in [3.63, 3.8) is 0 Å². The third kappa shape index (κ3) is 3.91. The lowest BCUT2D eigenvalue weighted by Crippen LogP contribution is -2.50. The van der Waals surface area contributed by atoms with Gasteiger partial charge in [-0.15, -0.1) is 0 Å². The summed E-state index contributed by atoms with van der Waals surface area (Å²) in [5.41, 5.74) is -0.517. The first kappa shape index (κ1) is 15.9. The van der Waals surface area contributed by atoms with Gasteiger partial charge in [0.25, 0.3) is 0 Å². The van der Waals surface area contributed by atoms with Crippen LogP contribution in [0.1, 0.15) is 20.3 Å². The van der Waals surface area contributed by atoms with Crippen LogP contribution in [0.5, 0.6) is 0 Å². The van der Waals surface area contributed by atoms with E-state index in [1.54, 1.807) is 12.0 Å². The number of nitrogens with one attached hydrogen (secondary N) is 2. The van der Waals surface area contributed by atoms with Crippen molar-refractivity contribution in [3.8, 4) is 0 Å². The Kier molecular flexibility index (Phi) is 6.24. The van der Waals surface area contributed by atoms with Crippen LogP contribution < -0.4 is 10.6 Å². The zero-order valence-corrected chi connectivity index (χ0v) is 12.1. The molecule has 0 bridgehead atoms. The molecule has 1 fully saturated rings. The number of rotatable bonds is 7. The molecule has 1 rings (SSSR count). The normalized spacial score (nSPS) is 22.3. The van der Waals surface area contributed by atoms with Crippen LogP contribution in [-0.2, 0) is 14.3 Å². The van der Waals surface area contributed by atoms with Crippen molar-refractivity contribution in [3.05, 3.63) is 0 Å². The molecule has 0 spiro atoms. The smallest absolute Gasteiger partial charge is 0.239 e. The Hall–Kier alpha value is -1.14. The summed E-state index contributed by atoms with van der Waals surface area (Å²) < 4.78 is 5.21. The zero-order chi connectivity index (χ0) is 14.3. The molecule has 110 valence electrons. The van der Waals surface area contributed by atoms with Gasteiger partial charge in [0, 0.05) is 26.7 Å². The average molecular weight is 271 g/mol. The van der Waals surface area contributed by atoms with Crippen molar-refractivity contribution in [2.75, 3.05) is 46.4 Å². The lowest BCUT2D eigenvalue weighted by Gasteiger charge is -2.32. The second-order valence-corrected chi connectivity index (χ2v) is 4.91. The lowest BCUT2D eigenvalue weighted by molar-refractivity contribution is -0.146. The van der Waals surface area contributed by atoms with Gasteiger partial charge in [0.05, 0.1) is 18.6 Å². The first-order valence-electron chi connectivity index (χ1n) is 6.85. The first-order valence-corrected chi connectivity index (χ1v) is 6.85. The molecule has 1 saturated heterocycles. The maximum atomic E-state index is 12.7. The van der Waals surface area contributed by atoms with E-state index < -0.39 is 5.41 Å². The Morgan fingerprint density at radius 2 is 2.16 bits per heavy atom. The van der Waals surface area contributed by atoms with Gasteiger partial charge in [0.2, 0.25) is 11.8 Å². The van der Waals surface area contributed by atoms with Crippen molar-refractivity contribution >= 4 is 11.8 Å². The van der Waals surface area contributed by atoms with E-state index in [1.165, 1.54) is 0 Å². The van der Waals surface area contributed by atoms with E-state index in [4.69, 9.17) is 4.74 Å². The number of hydrogen-bond acceptors (Lipinski definition) is 4. The highest BCUT2D eigenvalue weighted by Gasteiger charge is 2.43. The summed E-state index contributed by atoms with van der Waals surface area (Å²) in [5, 5.41) is 5.93. The fourth-order valence-electron chi connectivity index (χ4n) is 2.48. The minimum atomic E-state index is -0.517. The molecule has 1 unspecified atom stereocenters. The Morgan fingerprint density at radius 1 is 1.42 bits per heavy atom. The van der Waals surface area contributed by atoms with E-state index in [0.717, 1.165) is 13.0 Å². The van der Waals surface area contributed by atoms with Gasteiger partial charge in [-0.25, -0.2) is 0 Å². The Balaban J connectivity index is 2.72. The predicted octanol–water partition coefficient (Wildman–Crippen LogP) is -0.403. The minimum absolute atomic E-state index is 0.00750. The number of amides is 2. The van der Waals surface area contributed by atoms with Gasteiger partial charge in [0.15, 0.2) is 0 Å². The van der Waals surface area contributed by atoms with E-state index in [0.29, 0.717) is 26.2 Å². The molecular weight excluding hydrogens is 246 g/mol. The molecule has 0 aliphatic carbocycles. The SMILES string of the molecule is CCNC(=O)CN(CC)C(=O)C1(COC)CCNC1. The van der Waals surface area contributed by atoms with Crippen LogP contribution in [0, 0.1) is 5.41 Å². The van der Waals surface area contributed by atoms with E-state index in [1.807, 2.05) is 13.8 Å². The summed E-state index contributed by atoms with van der Waals surface area (Å²) in [5.74, 6) is -0.107. The number of carbonyl (C=O) groups excluding carboxylic acids is 2. The number of nitrogens with zero attached hydrogens (tertiary/aromatic N) is 1. The molecule has 1 heterocycles. The molecule has 2 amide bonds. The fourth-order valence-corrected chi connectivity index (χ4v) is 2.48. The van der Waals surface area contributed by atoms with E-state index in [-0.39, 0.29) is 18.4 Å². The van der Waals surface area contributed by atoms with Gasteiger partial charge in [0.1, 0.15) is 0 Å². The molecule has 2 N–H and O–H groups in total. The summed E-state index contributed by atoms with van der Waals surface area (Å²) in [6, 6.07) is 0. The fraction of sp³-hybridized carbons (Fsp3) is 0.846. The molecule has 19 heavy (non-hydrogen) atoms. The van der Waals surface area contributed by atoms with Crippen molar-refractivity contribution in [2.45, 2.75) is 20.3 Å². The maximum absolute atomic E-state index is 12.7. The highest BCUT2D eigenvalue weighted by Crippen LogP contribution is 2.28. The largest absolute Gasteiger partial charge is 0.384 e. The van der Waals surface area contributed by atoms with Crippen molar-refractivity contribution < 1.29 is 14.3 Å². The molecule has 0 saturated carbocycles. The molecule has 0 aromatic carbocycles. The Bertz CT molecular complexity index is 314. The summed E-state index contributed by atoms with van der Waals surface area (Å²) in [4.78, 5) is 25.9. The molecule has 0 radical (unpaired) electrons. The third-order valence-corrected chi connectivity index (χ3v) is 3.50. The van der Waals surface area contributed by atoms with Crippen molar-refractivity contribution in [1.82, 2.24) is 15.5 Å². The standard InChI is InChI=1S/C13H25N3O3/c1-4-15-11(17)8-16(5-2)12(18)13(10-19-3)6-7-14-9-13/h14H,4-10H2,1-3H3,(H,15,17). The number of carbonyl (C=O) groups is 2. The van der Waals surface area contributed by atoms with Crippen LogP contribution in [0.4, 0.5) is 0 Å². The van der Waals surface area contributed by atoms with Crippen LogP contribution in [0.15, 0.2) is 0 Å². The summed E-state index contributed by atoms with van der Waals surface area (Å²) >= 11 is 0.